The number of hydrogen-bond acceptors (Lipinski definition) is 5. The van der Waals surface area contributed by atoms with E-state index < -0.39 is 0 Å². The number of nitrogens with zero attached hydrogens (tertiary/aromatic N) is 3. The summed E-state index contributed by atoms with van der Waals surface area (Å²) in [6.45, 7) is 5.39. The van der Waals surface area contributed by atoms with Crippen molar-refractivity contribution in [1.82, 2.24) is 25.6 Å². The van der Waals surface area contributed by atoms with Gasteiger partial charge in [0.15, 0.2) is 5.69 Å². The molecule has 2 heterocycles. The van der Waals surface area contributed by atoms with Crippen LogP contribution in [0.4, 0.5) is 0 Å². The van der Waals surface area contributed by atoms with Crippen molar-refractivity contribution < 1.29 is 9.53 Å². The van der Waals surface area contributed by atoms with E-state index in [1.54, 1.807) is 7.11 Å². The molecule has 1 aliphatic carbocycles. The molecule has 0 unspecified atom stereocenters. The van der Waals surface area contributed by atoms with Crippen LogP contribution in [0, 0.1) is 12.3 Å². The molecule has 25 heavy (non-hydrogen) atoms. The largest absolute Gasteiger partial charge is 0.385 e. The number of aromatic nitrogens is 3. The van der Waals surface area contributed by atoms with Gasteiger partial charge in [0.25, 0.3) is 5.91 Å². The summed E-state index contributed by atoms with van der Waals surface area (Å²) in [7, 11) is 1.74. The van der Waals surface area contributed by atoms with Crippen molar-refractivity contribution in [3.63, 3.8) is 0 Å². The summed E-state index contributed by atoms with van der Waals surface area (Å²) < 4.78 is 7.20. The minimum Gasteiger partial charge on any atom is -0.385 e. The molecule has 0 bridgehead atoms. The molecule has 1 aliphatic heterocycles. The Morgan fingerprint density at radius 1 is 1.36 bits per heavy atom. The normalized spacial score (nSPS) is 20.7. The molecule has 0 atom stereocenters. The number of carbonyl (C=O) groups is 1. The Hall–Kier alpha value is -1.47. The molecule has 7 nitrogen and oxygen atoms in total. The van der Waals surface area contributed by atoms with Gasteiger partial charge in [0.1, 0.15) is 0 Å². The Kier molecular flexibility index (Phi) is 6.06. The monoisotopic (exact) mass is 349 g/mol. The van der Waals surface area contributed by atoms with Crippen LogP contribution in [0.25, 0.3) is 0 Å². The molecular weight excluding hydrogens is 318 g/mol. The minimum atomic E-state index is -0.0959. The smallest absolute Gasteiger partial charge is 0.273 e. The molecule has 1 saturated heterocycles. The van der Waals surface area contributed by atoms with Gasteiger partial charge in [0, 0.05) is 20.3 Å². The van der Waals surface area contributed by atoms with Gasteiger partial charge in [0.05, 0.1) is 11.7 Å². The van der Waals surface area contributed by atoms with Crippen molar-refractivity contribution in [2.45, 2.75) is 57.9 Å². The number of carbonyl (C=O) groups excluding carboxylic acids is 1. The lowest BCUT2D eigenvalue weighted by Crippen LogP contribution is -2.37. The van der Waals surface area contributed by atoms with Crippen LogP contribution in [0.5, 0.6) is 0 Å². The van der Waals surface area contributed by atoms with E-state index in [2.05, 4.69) is 20.9 Å². The van der Waals surface area contributed by atoms with Crippen molar-refractivity contribution >= 4 is 5.91 Å². The minimum absolute atomic E-state index is 0.0959. The fourth-order valence-corrected chi connectivity index (χ4v) is 4.26. The molecule has 3 rings (SSSR count). The topological polar surface area (TPSA) is 81.1 Å². The van der Waals surface area contributed by atoms with Crippen LogP contribution >= 0.6 is 0 Å². The number of amides is 1. The van der Waals surface area contributed by atoms with Crippen molar-refractivity contribution in [3.05, 3.63) is 11.4 Å². The lowest BCUT2D eigenvalue weighted by molar-refractivity contribution is 0.0897. The third kappa shape index (κ3) is 4.20. The molecule has 0 radical (unpaired) electrons. The first-order valence-electron chi connectivity index (χ1n) is 9.55. The van der Waals surface area contributed by atoms with Crippen LogP contribution in [-0.4, -0.2) is 54.3 Å². The maximum atomic E-state index is 12.7. The highest BCUT2D eigenvalue weighted by Crippen LogP contribution is 2.40. The van der Waals surface area contributed by atoms with Crippen molar-refractivity contribution in [3.8, 4) is 0 Å². The quantitative estimate of drug-likeness (QED) is 0.785. The van der Waals surface area contributed by atoms with Crippen LogP contribution in [0.3, 0.4) is 0 Å². The second-order valence-corrected chi connectivity index (χ2v) is 7.58. The van der Waals surface area contributed by atoms with E-state index >= 15 is 0 Å². The summed E-state index contributed by atoms with van der Waals surface area (Å²) in [6.07, 6.45) is 7.88. The number of nitrogens with one attached hydrogen (secondary N) is 2. The molecule has 2 fully saturated rings. The average Bonchev–Trinajstić information content (AvgIpc) is 3.26. The summed E-state index contributed by atoms with van der Waals surface area (Å²) in [5.74, 6) is -0.0959. The van der Waals surface area contributed by atoms with Gasteiger partial charge >= 0.3 is 0 Å². The Labute approximate surface area is 149 Å². The van der Waals surface area contributed by atoms with E-state index in [-0.39, 0.29) is 11.3 Å². The molecule has 1 aromatic heterocycles. The maximum Gasteiger partial charge on any atom is 0.273 e. The van der Waals surface area contributed by atoms with Gasteiger partial charge in [-0.2, -0.15) is 0 Å². The second kappa shape index (κ2) is 8.27. The summed E-state index contributed by atoms with van der Waals surface area (Å²) in [5.41, 5.74) is 1.53. The number of piperidine rings is 1. The standard InChI is InChI=1S/C18H31N5O2/c1-14-16(21-22-23(14)15-5-10-19-11-6-15)17(24)20-13-18(9-12-25-2)7-3-4-8-18/h15,19H,3-13H2,1-2H3,(H,20,24). The van der Waals surface area contributed by atoms with Gasteiger partial charge in [0.2, 0.25) is 0 Å². The van der Waals surface area contributed by atoms with Crippen molar-refractivity contribution in [1.29, 1.82) is 0 Å². The summed E-state index contributed by atoms with van der Waals surface area (Å²) >= 11 is 0. The van der Waals surface area contributed by atoms with Gasteiger partial charge in [-0.1, -0.05) is 18.1 Å². The molecule has 0 spiro atoms. The number of hydrogen-bond donors (Lipinski definition) is 2. The Morgan fingerprint density at radius 3 is 2.76 bits per heavy atom. The van der Waals surface area contributed by atoms with Gasteiger partial charge in [-0.05, 0) is 57.5 Å². The predicted octanol–water partition coefficient (Wildman–Crippen LogP) is 1.84. The molecule has 0 aromatic carbocycles. The van der Waals surface area contributed by atoms with Gasteiger partial charge in [-0.25, -0.2) is 4.68 Å². The van der Waals surface area contributed by atoms with E-state index in [0.29, 0.717) is 18.3 Å². The Morgan fingerprint density at radius 2 is 2.08 bits per heavy atom. The number of methoxy groups -OCH3 is 1. The first-order valence-corrected chi connectivity index (χ1v) is 9.55. The average molecular weight is 349 g/mol. The van der Waals surface area contributed by atoms with Crippen molar-refractivity contribution in [2.75, 3.05) is 33.4 Å². The maximum absolute atomic E-state index is 12.7. The Balaban J connectivity index is 1.62. The van der Waals surface area contributed by atoms with Gasteiger partial charge < -0.3 is 15.4 Å². The second-order valence-electron chi connectivity index (χ2n) is 7.58. The van der Waals surface area contributed by atoms with E-state index in [1.807, 2.05) is 11.6 Å². The summed E-state index contributed by atoms with van der Waals surface area (Å²) in [6, 6.07) is 0.346. The van der Waals surface area contributed by atoms with E-state index in [4.69, 9.17) is 4.74 Å². The van der Waals surface area contributed by atoms with Crippen LogP contribution in [0.2, 0.25) is 0 Å². The van der Waals surface area contributed by atoms with Crippen molar-refractivity contribution in [2.24, 2.45) is 5.41 Å². The van der Waals surface area contributed by atoms with E-state index in [1.165, 1.54) is 12.8 Å². The zero-order chi connectivity index (χ0) is 17.7. The molecule has 7 heteroatoms. The molecule has 140 valence electrons. The molecular formula is C18H31N5O2. The number of rotatable bonds is 7. The summed E-state index contributed by atoms with van der Waals surface area (Å²) in [5, 5.41) is 14.9. The summed E-state index contributed by atoms with van der Waals surface area (Å²) in [4.78, 5) is 12.7. The number of ether oxygens (including phenoxy) is 1. The van der Waals surface area contributed by atoms with Gasteiger partial charge in [-0.3, -0.25) is 4.79 Å². The molecule has 1 amide bonds. The zero-order valence-corrected chi connectivity index (χ0v) is 15.5. The van der Waals surface area contributed by atoms with Crippen LogP contribution in [0.1, 0.15) is 67.2 Å². The first kappa shape index (κ1) is 18.3. The first-order chi connectivity index (χ1) is 12.2. The Bertz CT molecular complexity index is 574. The lowest BCUT2D eigenvalue weighted by Gasteiger charge is -2.29. The SMILES string of the molecule is COCCC1(CNC(=O)c2nnn(C3CCNCC3)c2C)CCCC1. The van der Waals surface area contributed by atoms with Crippen LogP contribution in [0.15, 0.2) is 0 Å². The fraction of sp³-hybridized carbons (Fsp3) is 0.833. The molecule has 2 aliphatic rings. The highest BCUT2D eigenvalue weighted by molar-refractivity contribution is 5.93. The zero-order valence-electron chi connectivity index (χ0n) is 15.5. The highest BCUT2D eigenvalue weighted by Gasteiger charge is 2.34. The molecule has 2 N–H and O–H groups in total. The van der Waals surface area contributed by atoms with Crippen LogP contribution < -0.4 is 10.6 Å². The molecule has 1 saturated carbocycles. The van der Waals surface area contributed by atoms with Gasteiger partial charge in [-0.15, -0.1) is 5.10 Å². The third-order valence-electron chi connectivity index (χ3n) is 5.92. The van der Waals surface area contributed by atoms with E-state index in [9.17, 15) is 4.79 Å². The fourth-order valence-electron chi connectivity index (χ4n) is 4.26. The highest BCUT2D eigenvalue weighted by atomic mass is 16.5. The van der Waals surface area contributed by atoms with Crippen LogP contribution in [-0.2, 0) is 4.74 Å². The third-order valence-corrected chi connectivity index (χ3v) is 5.92. The van der Waals surface area contributed by atoms with E-state index in [0.717, 1.165) is 57.5 Å². The predicted molar refractivity (Wildman–Crippen MR) is 95.6 cm³/mol. The lowest BCUT2D eigenvalue weighted by atomic mass is 9.83. The molecule has 1 aromatic rings.